The number of nitrogen functional groups attached to an aromatic ring is 1. The molecule has 19 nitrogen and oxygen atoms in total. The van der Waals surface area contributed by atoms with E-state index in [0.29, 0.717) is 10.5 Å². The molecule has 0 bridgehead atoms. The summed E-state index contributed by atoms with van der Waals surface area (Å²) in [5.74, 6) is 0.545. The molecule has 4 heterocycles. The molecule has 2 saturated heterocycles. The zero-order valence-electron chi connectivity index (χ0n) is 24.0. The largest absolute Gasteiger partial charge is 0.477 e. The first-order chi connectivity index (χ1) is 22.0. The van der Waals surface area contributed by atoms with Gasteiger partial charge in [-0.2, -0.15) is 0 Å². The number of aliphatic carboxylic acids is 1. The van der Waals surface area contributed by atoms with Crippen molar-refractivity contribution in [2.24, 2.45) is 0 Å². The Bertz CT molecular complexity index is 1640. The number of carbonyl (C=O) groups is 7. The smallest absolute Gasteiger partial charge is 0.352 e. The Labute approximate surface area is 268 Å². The summed E-state index contributed by atoms with van der Waals surface area (Å²) in [7, 11) is 0. The normalized spacial score (nSPS) is 21.7. The van der Waals surface area contributed by atoms with Gasteiger partial charge in [0.05, 0.1) is 0 Å². The van der Waals surface area contributed by atoms with Crippen LogP contribution in [0.15, 0.2) is 46.8 Å². The first kappa shape index (κ1) is 32.2. The molecule has 0 spiro atoms. The number of benzene rings is 1. The summed E-state index contributed by atoms with van der Waals surface area (Å²) >= 11 is 2.13. The van der Waals surface area contributed by atoms with Gasteiger partial charge in [0.2, 0.25) is 23.1 Å². The number of hydrogen-bond donors (Lipinski definition) is 5. The van der Waals surface area contributed by atoms with E-state index in [1.165, 1.54) is 17.0 Å². The summed E-state index contributed by atoms with van der Waals surface area (Å²) in [5.41, 5.74) is -1.82. The fourth-order valence-electron chi connectivity index (χ4n) is 5.12. The van der Waals surface area contributed by atoms with Crippen molar-refractivity contribution >= 4 is 65.6 Å². The Morgan fingerprint density at radius 3 is 2.57 bits per heavy atom. The Morgan fingerprint density at radius 2 is 1.93 bits per heavy atom. The lowest BCUT2D eigenvalue weighted by Gasteiger charge is -2.56. The highest BCUT2D eigenvalue weighted by atomic mass is 32.2. The van der Waals surface area contributed by atoms with Crippen LogP contribution in [0.2, 0.25) is 0 Å². The summed E-state index contributed by atoms with van der Waals surface area (Å²) in [5, 5.41) is 27.1. The predicted molar refractivity (Wildman–Crippen MR) is 158 cm³/mol. The van der Waals surface area contributed by atoms with E-state index >= 15 is 0 Å². The van der Waals surface area contributed by atoms with Gasteiger partial charge in [-0.25, -0.2) is 9.59 Å². The zero-order chi connectivity index (χ0) is 33.2. The molecule has 7 amide bonds. The number of fused-ring (bicyclic) bond motifs is 1. The molecule has 0 saturated carbocycles. The molecule has 3 atom stereocenters. The van der Waals surface area contributed by atoms with Crippen LogP contribution in [-0.2, 0) is 28.8 Å². The number of carboxylic acids is 1. The van der Waals surface area contributed by atoms with Gasteiger partial charge in [0.25, 0.3) is 5.91 Å². The minimum atomic E-state index is -2.08. The van der Waals surface area contributed by atoms with Gasteiger partial charge in [0.15, 0.2) is 0 Å². The second-order valence-electron chi connectivity index (χ2n) is 9.98. The maximum atomic E-state index is 13.9. The van der Waals surface area contributed by atoms with Crippen LogP contribution in [0.3, 0.4) is 0 Å². The third-order valence-corrected chi connectivity index (χ3v) is 9.81. The molecule has 1 aromatic carbocycles. The van der Waals surface area contributed by atoms with Crippen molar-refractivity contribution in [3.8, 4) is 0 Å². The minimum absolute atomic E-state index is 0.0685. The monoisotopic (exact) mass is 673 g/mol. The minimum Gasteiger partial charge on any atom is -0.477 e. The second-order valence-corrected chi connectivity index (χ2v) is 12.0. The molecule has 3 aliphatic rings. The van der Waals surface area contributed by atoms with Crippen LogP contribution in [0.1, 0.15) is 18.5 Å². The summed E-state index contributed by atoms with van der Waals surface area (Å²) in [6, 6.07) is 5.37. The molecule has 0 radical (unpaired) electrons. The molecule has 2 fully saturated rings. The molecule has 1 aromatic heterocycles. The predicted octanol–water partition coefficient (Wildman–Crippen LogP) is -2.57. The topological polar surface area (TPSA) is 255 Å². The van der Waals surface area contributed by atoms with Gasteiger partial charge in [0.1, 0.15) is 17.1 Å². The average molecular weight is 674 g/mol. The first-order valence-corrected chi connectivity index (χ1v) is 15.6. The molecule has 21 heteroatoms. The Hall–Kier alpha value is -5.18. The summed E-state index contributed by atoms with van der Waals surface area (Å²) in [6.45, 7) is 1.96. The van der Waals surface area contributed by atoms with Crippen molar-refractivity contribution in [3.05, 3.63) is 47.2 Å². The van der Waals surface area contributed by atoms with Gasteiger partial charge in [-0.1, -0.05) is 47.2 Å². The number of amides is 7. The number of likely N-dealkylation sites (N-methyl/N-ethyl adjacent to an activating group) is 1. The number of thioether (sulfide) groups is 2. The fraction of sp³-hybridized carbons (Fsp3) is 0.360. The number of urea groups is 1. The van der Waals surface area contributed by atoms with Crippen LogP contribution >= 0.6 is 23.5 Å². The molecule has 242 valence electrons. The quantitative estimate of drug-likeness (QED) is 0.0411. The standard InChI is InChI=1S/C25H27N11O8S2/c1-2-33-8-9-34(19(40)18(33)39)23(44)28-15(13-6-4-3-5-7-13)17(38)29-25(27-12-37)21(43)35-16(20(41)42)14(10-45-22(25)35)11-46-24-30-31-32-36(24)26/h3-7,12,15,22H,2,8-11,26H2,1H3,(H,27,37)(H,28,44)(H,29,38)(H,41,42)/t15?,22-,25+/m0/s1. The highest BCUT2D eigenvalue weighted by Crippen LogP contribution is 2.46. The molecule has 46 heavy (non-hydrogen) atoms. The van der Waals surface area contributed by atoms with Gasteiger partial charge in [-0.05, 0) is 28.5 Å². The van der Waals surface area contributed by atoms with E-state index < -0.39 is 52.7 Å². The van der Waals surface area contributed by atoms with Crippen molar-refractivity contribution in [1.82, 2.24) is 51.0 Å². The Morgan fingerprint density at radius 1 is 1.20 bits per heavy atom. The van der Waals surface area contributed by atoms with Gasteiger partial charge >= 0.3 is 23.8 Å². The third kappa shape index (κ3) is 5.69. The second kappa shape index (κ2) is 13.0. The number of nitrogens with zero attached hydrogens (tertiary/aromatic N) is 7. The van der Waals surface area contributed by atoms with Crippen molar-refractivity contribution in [3.63, 3.8) is 0 Å². The zero-order valence-corrected chi connectivity index (χ0v) is 25.6. The van der Waals surface area contributed by atoms with Gasteiger partial charge < -0.3 is 31.8 Å². The van der Waals surface area contributed by atoms with E-state index in [9.17, 15) is 38.7 Å². The lowest BCUT2D eigenvalue weighted by Crippen LogP contribution is -2.85. The number of hydrogen-bond acceptors (Lipinski definition) is 13. The van der Waals surface area contributed by atoms with E-state index in [1.54, 1.807) is 25.1 Å². The number of imide groups is 1. The van der Waals surface area contributed by atoms with E-state index in [0.717, 1.165) is 33.2 Å². The molecule has 2 aromatic rings. The first-order valence-electron chi connectivity index (χ1n) is 13.6. The van der Waals surface area contributed by atoms with Crippen LogP contribution in [0.5, 0.6) is 0 Å². The highest BCUT2D eigenvalue weighted by molar-refractivity contribution is 8.01. The maximum Gasteiger partial charge on any atom is 0.352 e. The molecule has 3 aliphatic heterocycles. The lowest BCUT2D eigenvalue weighted by molar-refractivity contribution is -0.163. The van der Waals surface area contributed by atoms with Crippen molar-refractivity contribution in [2.45, 2.75) is 29.2 Å². The number of rotatable bonds is 11. The number of carbonyl (C=O) groups excluding carboxylic acids is 6. The summed E-state index contributed by atoms with van der Waals surface area (Å²) in [6.07, 6.45) is 0.195. The van der Waals surface area contributed by atoms with E-state index in [4.69, 9.17) is 5.84 Å². The number of β-lactam (4-membered cyclic amide) rings is 1. The van der Waals surface area contributed by atoms with Gasteiger partial charge in [0, 0.05) is 31.1 Å². The molecular formula is C25H27N11O8S2. The number of carboxylic acid groups (broad SMARTS) is 1. The Balaban J connectivity index is 1.39. The Kier molecular flexibility index (Phi) is 9.14. The van der Waals surface area contributed by atoms with Gasteiger partial charge in [-0.15, -0.1) is 16.6 Å². The van der Waals surface area contributed by atoms with Crippen LogP contribution in [0.4, 0.5) is 4.79 Å². The summed E-state index contributed by atoms with van der Waals surface area (Å²) in [4.78, 5) is 93.7. The molecule has 1 unspecified atom stereocenters. The SMILES string of the molecule is CCN1CCN(C(=O)NC(C(=O)N[C@]2(NC=O)C(=O)N3C(C(=O)O)=C(CSc4nnnn4N)CS[C@H]32)c2ccccc2)C(=O)C1=O. The van der Waals surface area contributed by atoms with Crippen LogP contribution in [0, 0.1) is 0 Å². The van der Waals surface area contributed by atoms with Crippen molar-refractivity contribution in [2.75, 3.05) is 37.0 Å². The van der Waals surface area contributed by atoms with E-state index in [1.807, 2.05) is 0 Å². The van der Waals surface area contributed by atoms with Gasteiger partial charge in [-0.3, -0.25) is 33.8 Å². The maximum absolute atomic E-state index is 13.9. The van der Waals surface area contributed by atoms with Crippen molar-refractivity contribution < 1.29 is 38.7 Å². The summed E-state index contributed by atoms with van der Waals surface area (Å²) < 4.78 is 0. The van der Waals surface area contributed by atoms with Crippen molar-refractivity contribution in [1.29, 1.82) is 0 Å². The lowest BCUT2D eigenvalue weighted by atomic mass is 9.94. The molecule has 6 N–H and O–H groups in total. The van der Waals surface area contributed by atoms with Crippen LogP contribution in [-0.4, -0.2) is 124 Å². The molecular weight excluding hydrogens is 646 g/mol. The van der Waals surface area contributed by atoms with Crippen LogP contribution in [0.25, 0.3) is 0 Å². The number of nitrogens with one attached hydrogen (secondary N) is 3. The third-order valence-electron chi connectivity index (χ3n) is 7.40. The number of tetrazole rings is 1. The number of nitrogens with two attached hydrogens (primary N) is 1. The fourth-order valence-corrected chi connectivity index (χ4v) is 7.48. The van der Waals surface area contributed by atoms with Crippen LogP contribution < -0.4 is 21.8 Å². The number of piperazine rings is 1. The van der Waals surface area contributed by atoms with E-state index in [2.05, 4.69) is 31.5 Å². The highest BCUT2D eigenvalue weighted by Gasteiger charge is 2.66. The van der Waals surface area contributed by atoms with E-state index in [-0.39, 0.29) is 54.0 Å². The molecule has 0 aliphatic carbocycles. The number of aromatic nitrogens is 4. The average Bonchev–Trinajstić information content (AvgIpc) is 3.47. The molecule has 5 rings (SSSR count).